The minimum atomic E-state index is -0.265. The molecule has 2 amide bonds. The third-order valence-corrected chi connectivity index (χ3v) is 5.02. The van der Waals surface area contributed by atoms with E-state index in [2.05, 4.69) is 33.7 Å². The van der Waals surface area contributed by atoms with Gasteiger partial charge in [-0.05, 0) is 54.2 Å². The van der Waals surface area contributed by atoms with E-state index in [0.29, 0.717) is 23.2 Å². The van der Waals surface area contributed by atoms with Crippen LogP contribution in [0.5, 0.6) is 0 Å². The quantitative estimate of drug-likeness (QED) is 0.832. The number of fused-ring (bicyclic) bond motifs is 3. The number of terminal acetylenes is 1. The lowest BCUT2D eigenvalue weighted by molar-refractivity contribution is 0.251. The maximum atomic E-state index is 12.2. The van der Waals surface area contributed by atoms with Crippen molar-refractivity contribution in [1.29, 1.82) is 5.26 Å². The first-order valence-electron chi connectivity index (χ1n) is 8.22. The molecular formula is C20H16N4O. The van der Waals surface area contributed by atoms with Crippen LogP contribution in [-0.4, -0.2) is 17.1 Å². The van der Waals surface area contributed by atoms with E-state index in [1.165, 1.54) is 17.3 Å². The predicted molar refractivity (Wildman–Crippen MR) is 93.8 cm³/mol. The summed E-state index contributed by atoms with van der Waals surface area (Å²) in [5, 5.41) is 14.5. The maximum Gasteiger partial charge on any atom is 0.320 e. The molecule has 1 aromatic carbocycles. The summed E-state index contributed by atoms with van der Waals surface area (Å²) in [4.78, 5) is 16.3. The van der Waals surface area contributed by atoms with Gasteiger partial charge in [-0.15, -0.1) is 6.42 Å². The van der Waals surface area contributed by atoms with Gasteiger partial charge in [0, 0.05) is 23.7 Å². The van der Waals surface area contributed by atoms with Crippen molar-refractivity contribution in [3.05, 3.63) is 58.8 Å². The Morgan fingerprint density at radius 1 is 1.28 bits per heavy atom. The molecule has 1 fully saturated rings. The molecule has 2 aromatic rings. The van der Waals surface area contributed by atoms with Gasteiger partial charge in [-0.3, -0.25) is 5.32 Å². The first-order chi connectivity index (χ1) is 12.2. The van der Waals surface area contributed by atoms with Crippen LogP contribution in [0.3, 0.4) is 0 Å². The van der Waals surface area contributed by atoms with Gasteiger partial charge in [-0.1, -0.05) is 12.0 Å². The van der Waals surface area contributed by atoms with Crippen LogP contribution in [-0.2, 0) is 6.42 Å². The van der Waals surface area contributed by atoms with E-state index in [9.17, 15) is 4.79 Å². The fraction of sp³-hybridized carbons (Fsp3) is 0.250. The van der Waals surface area contributed by atoms with Crippen molar-refractivity contribution < 1.29 is 4.79 Å². The van der Waals surface area contributed by atoms with Crippen molar-refractivity contribution >= 4 is 11.8 Å². The lowest BCUT2D eigenvalue weighted by Gasteiger charge is -2.14. The van der Waals surface area contributed by atoms with Gasteiger partial charge >= 0.3 is 6.03 Å². The van der Waals surface area contributed by atoms with Crippen molar-refractivity contribution in [3.63, 3.8) is 0 Å². The number of hydrogen-bond donors (Lipinski definition) is 2. The number of rotatable bonds is 2. The summed E-state index contributed by atoms with van der Waals surface area (Å²) in [5.41, 5.74) is 3.97. The Kier molecular flexibility index (Phi) is 3.63. The van der Waals surface area contributed by atoms with Crippen molar-refractivity contribution in [3.8, 4) is 18.4 Å². The SMILES string of the molecule is C#Cc1ccc2c(c1)CC[C@H]1[C@@H](NC(=O)Nc3ccc(C#N)cn3)[C@@H]21. The van der Waals surface area contributed by atoms with Crippen LogP contribution in [0.2, 0.25) is 0 Å². The Morgan fingerprint density at radius 3 is 2.84 bits per heavy atom. The van der Waals surface area contributed by atoms with Crippen molar-refractivity contribution in [2.45, 2.75) is 24.8 Å². The summed E-state index contributed by atoms with van der Waals surface area (Å²) in [6.07, 6.45) is 8.97. The topological polar surface area (TPSA) is 77.8 Å². The number of benzene rings is 1. The molecule has 0 aliphatic heterocycles. The molecule has 2 aliphatic rings. The van der Waals surface area contributed by atoms with E-state index < -0.39 is 0 Å². The summed E-state index contributed by atoms with van der Waals surface area (Å²) in [5.74, 6) is 3.97. The maximum absolute atomic E-state index is 12.2. The second kappa shape index (κ2) is 5.96. The minimum Gasteiger partial charge on any atom is -0.334 e. The van der Waals surface area contributed by atoms with Gasteiger partial charge in [0.1, 0.15) is 11.9 Å². The number of nitrogens with one attached hydrogen (secondary N) is 2. The van der Waals surface area contributed by atoms with Crippen molar-refractivity contribution in [2.75, 3.05) is 5.32 Å². The molecule has 0 radical (unpaired) electrons. The van der Waals surface area contributed by atoms with E-state index >= 15 is 0 Å². The number of carbonyl (C=O) groups excluding carboxylic acids is 1. The number of nitrogens with zero attached hydrogens (tertiary/aromatic N) is 2. The average Bonchev–Trinajstić information content (AvgIpc) is 3.34. The molecule has 2 N–H and O–H groups in total. The lowest BCUT2D eigenvalue weighted by Crippen LogP contribution is -2.32. The standard InChI is InChI=1S/C20H16N4O/c1-2-12-3-6-15-14(9-12)5-7-16-18(15)19(16)24-20(25)23-17-8-4-13(10-21)11-22-17/h1,3-4,6,8-9,11,16,18-19H,5,7H2,(H2,22,23,24,25)/t16-,18+,19-/m1/s1. The predicted octanol–water partition coefficient (Wildman–Crippen LogP) is 2.78. The number of amides is 2. The lowest BCUT2D eigenvalue weighted by atomic mass is 9.90. The number of hydrogen-bond acceptors (Lipinski definition) is 3. The second-order valence-corrected chi connectivity index (χ2v) is 6.45. The Balaban J connectivity index is 1.41. The smallest absolute Gasteiger partial charge is 0.320 e. The van der Waals surface area contributed by atoms with Crippen LogP contribution >= 0.6 is 0 Å². The average molecular weight is 328 g/mol. The van der Waals surface area contributed by atoms with Gasteiger partial charge < -0.3 is 5.32 Å². The Labute approximate surface area is 146 Å². The minimum absolute atomic E-state index is 0.149. The monoisotopic (exact) mass is 328 g/mol. The molecule has 3 atom stereocenters. The Hall–Kier alpha value is -3.31. The summed E-state index contributed by atoms with van der Waals surface area (Å²) in [7, 11) is 0. The Morgan fingerprint density at radius 2 is 2.12 bits per heavy atom. The number of aromatic nitrogens is 1. The van der Waals surface area contributed by atoms with Gasteiger partial charge in [0.25, 0.3) is 0 Å². The highest BCUT2D eigenvalue weighted by atomic mass is 16.2. The highest BCUT2D eigenvalue weighted by Gasteiger charge is 2.53. The van der Waals surface area contributed by atoms with Gasteiger partial charge in [0.2, 0.25) is 0 Å². The van der Waals surface area contributed by atoms with Crippen LogP contribution in [0.25, 0.3) is 0 Å². The second-order valence-electron chi connectivity index (χ2n) is 6.45. The highest BCUT2D eigenvalue weighted by molar-refractivity contribution is 5.88. The first kappa shape index (κ1) is 15.2. The van der Waals surface area contributed by atoms with E-state index in [4.69, 9.17) is 11.7 Å². The molecular weight excluding hydrogens is 312 g/mol. The number of aryl methyl sites for hydroxylation is 1. The van der Waals surface area contributed by atoms with E-state index in [-0.39, 0.29) is 12.1 Å². The number of urea groups is 1. The van der Waals surface area contributed by atoms with E-state index in [0.717, 1.165) is 18.4 Å². The zero-order valence-corrected chi connectivity index (χ0v) is 13.5. The Bertz CT molecular complexity index is 920. The molecule has 0 spiro atoms. The summed E-state index contributed by atoms with van der Waals surface area (Å²) in [6.45, 7) is 0. The molecule has 1 heterocycles. The molecule has 1 aromatic heterocycles. The number of anilines is 1. The molecule has 0 bridgehead atoms. The molecule has 5 heteroatoms. The normalized spacial score (nSPS) is 22.6. The van der Waals surface area contributed by atoms with E-state index in [1.54, 1.807) is 12.1 Å². The van der Waals surface area contributed by atoms with Crippen molar-refractivity contribution in [2.24, 2.45) is 5.92 Å². The summed E-state index contributed by atoms with van der Waals surface area (Å²) < 4.78 is 0. The number of pyridine rings is 1. The fourth-order valence-electron chi connectivity index (χ4n) is 3.75. The molecule has 122 valence electrons. The molecule has 1 saturated carbocycles. The zero-order valence-electron chi connectivity index (χ0n) is 13.5. The number of carbonyl (C=O) groups is 1. The third-order valence-electron chi connectivity index (χ3n) is 5.02. The van der Waals surface area contributed by atoms with Crippen LogP contribution in [0.4, 0.5) is 10.6 Å². The van der Waals surface area contributed by atoms with Gasteiger partial charge in [-0.2, -0.15) is 5.26 Å². The third kappa shape index (κ3) is 2.81. The van der Waals surface area contributed by atoms with Crippen LogP contribution in [0.15, 0.2) is 36.5 Å². The van der Waals surface area contributed by atoms with Gasteiger partial charge in [0.15, 0.2) is 0 Å². The molecule has 5 nitrogen and oxygen atoms in total. The summed E-state index contributed by atoms with van der Waals surface area (Å²) in [6, 6.07) is 11.3. The molecule has 0 saturated heterocycles. The van der Waals surface area contributed by atoms with Crippen LogP contribution < -0.4 is 10.6 Å². The van der Waals surface area contributed by atoms with Crippen LogP contribution in [0.1, 0.15) is 34.6 Å². The first-order valence-corrected chi connectivity index (χ1v) is 8.22. The van der Waals surface area contributed by atoms with Gasteiger partial charge in [0.05, 0.1) is 5.56 Å². The number of nitriles is 1. The van der Waals surface area contributed by atoms with Crippen LogP contribution in [0, 0.1) is 29.6 Å². The molecule has 25 heavy (non-hydrogen) atoms. The zero-order chi connectivity index (χ0) is 17.4. The molecule has 0 unspecified atom stereocenters. The highest BCUT2D eigenvalue weighted by Crippen LogP contribution is 2.54. The molecule has 4 rings (SSSR count). The fourth-order valence-corrected chi connectivity index (χ4v) is 3.75. The van der Waals surface area contributed by atoms with Gasteiger partial charge in [-0.25, -0.2) is 9.78 Å². The van der Waals surface area contributed by atoms with Crippen molar-refractivity contribution in [1.82, 2.24) is 10.3 Å². The summed E-state index contributed by atoms with van der Waals surface area (Å²) >= 11 is 0. The van der Waals surface area contributed by atoms with E-state index in [1.807, 2.05) is 12.1 Å². The largest absolute Gasteiger partial charge is 0.334 e. The molecule has 2 aliphatic carbocycles.